The molecule has 0 aromatic carbocycles. The molecule has 164 valence electrons. The summed E-state index contributed by atoms with van der Waals surface area (Å²) in [6.07, 6.45) is -0.561. The number of aryl methyl sites for hydroxylation is 1. The van der Waals surface area contributed by atoms with Crippen LogP contribution in [-0.2, 0) is 12.6 Å². The molecule has 0 aliphatic carbocycles. The van der Waals surface area contributed by atoms with Gasteiger partial charge >= 0.3 is 6.18 Å². The molecule has 0 unspecified atom stereocenters. The van der Waals surface area contributed by atoms with Crippen molar-refractivity contribution in [1.82, 2.24) is 19.3 Å². The summed E-state index contributed by atoms with van der Waals surface area (Å²) in [6, 6.07) is 3.25. The Labute approximate surface area is 179 Å². The Hall–Kier alpha value is -3.12. The first-order chi connectivity index (χ1) is 14.8. The predicted molar refractivity (Wildman–Crippen MR) is 108 cm³/mol. The predicted octanol–water partition coefficient (Wildman–Crippen LogP) is 3.23. The highest BCUT2D eigenvalue weighted by molar-refractivity contribution is 7.06. The summed E-state index contributed by atoms with van der Waals surface area (Å²) in [5.74, 6) is -0.0385. The van der Waals surface area contributed by atoms with Gasteiger partial charge in [0.05, 0.1) is 41.6 Å². The molecular weight excluding hydrogens is 433 g/mol. The second-order valence-electron chi connectivity index (χ2n) is 6.47. The molecule has 0 radical (unpaired) electrons. The number of carbonyl (C=O) groups excluding carboxylic acids is 1. The lowest BCUT2D eigenvalue weighted by Gasteiger charge is -2.09. The molecule has 0 aliphatic heterocycles. The largest absolute Gasteiger partial charge is 0.478 e. The Kier molecular flexibility index (Phi) is 7.13. The van der Waals surface area contributed by atoms with Gasteiger partial charge in [0.1, 0.15) is 0 Å². The van der Waals surface area contributed by atoms with E-state index in [4.69, 9.17) is 10.5 Å². The lowest BCUT2D eigenvalue weighted by atomic mass is 10.1. The molecule has 1 amide bonds. The summed E-state index contributed by atoms with van der Waals surface area (Å²) in [5.41, 5.74) is 5.60. The third-order valence-electron chi connectivity index (χ3n) is 4.07. The van der Waals surface area contributed by atoms with Crippen LogP contribution in [0.2, 0.25) is 0 Å². The Balaban J connectivity index is 1.72. The number of aromatic nitrogens is 4. The van der Waals surface area contributed by atoms with Crippen LogP contribution >= 0.6 is 11.5 Å². The number of ether oxygens (including phenoxy) is 1. The topological polar surface area (TPSA) is 116 Å². The summed E-state index contributed by atoms with van der Waals surface area (Å²) in [6.45, 7) is 2.60. The van der Waals surface area contributed by atoms with Crippen molar-refractivity contribution in [2.24, 2.45) is 5.73 Å². The van der Waals surface area contributed by atoms with Crippen LogP contribution in [0.1, 0.15) is 38.7 Å². The van der Waals surface area contributed by atoms with Crippen LogP contribution in [0.3, 0.4) is 0 Å². The number of hydrogen-bond donors (Lipinski definition) is 2. The molecule has 0 aliphatic rings. The molecule has 12 heteroatoms. The number of pyridine rings is 1. The van der Waals surface area contributed by atoms with E-state index in [1.165, 1.54) is 12.4 Å². The van der Waals surface area contributed by atoms with Crippen molar-refractivity contribution in [3.8, 4) is 5.88 Å². The third-order valence-corrected chi connectivity index (χ3v) is 5.00. The van der Waals surface area contributed by atoms with Gasteiger partial charge in [0, 0.05) is 23.6 Å². The van der Waals surface area contributed by atoms with Gasteiger partial charge in [-0.1, -0.05) is 0 Å². The van der Waals surface area contributed by atoms with Crippen molar-refractivity contribution < 1.29 is 22.7 Å². The quantitative estimate of drug-likeness (QED) is 0.504. The average molecular weight is 452 g/mol. The van der Waals surface area contributed by atoms with Crippen molar-refractivity contribution in [2.45, 2.75) is 25.9 Å². The molecule has 3 aromatic rings. The third kappa shape index (κ3) is 5.95. The van der Waals surface area contributed by atoms with E-state index in [1.807, 2.05) is 0 Å². The Morgan fingerprint density at radius 2 is 2.06 bits per heavy atom. The van der Waals surface area contributed by atoms with Gasteiger partial charge in [-0.2, -0.15) is 17.5 Å². The highest BCUT2D eigenvalue weighted by Crippen LogP contribution is 2.28. The van der Waals surface area contributed by atoms with Crippen LogP contribution in [0.4, 0.5) is 18.9 Å². The highest BCUT2D eigenvalue weighted by atomic mass is 32.1. The Morgan fingerprint density at radius 3 is 2.74 bits per heavy atom. The molecule has 3 N–H and O–H groups in total. The molecule has 8 nitrogen and oxygen atoms in total. The number of amides is 1. The van der Waals surface area contributed by atoms with Gasteiger partial charge in [0.15, 0.2) is 5.69 Å². The maximum Gasteiger partial charge on any atom is 0.434 e. The molecule has 0 saturated carbocycles. The number of anilines is 1. The zero-order valence-corrected chi connectivity index (χ0v) is 17.3. The van der Waals surface area contributed by atoms with Gasteiger partial charge in [0.2, 0.25) is 5.88 Å². The zero-order valence-electron chi connectivity index (χ0n) is 16.4. The van der Waals surface area contributed by atoms with Gasteiger partial charge in [-0.15, -0.1) is 0 Å². The minimum atomic E-state index is -4.60. The van der Waals surface area contributed by atoms with Crippen LogP contribution in [0.25, 0.3) is 0 Å². The van der Waals surface area contributed by atoms with Gasteiger partial charge in [-0.25, -0.2) is 9.97 Å². The fraction of sp³-hybridized carbons (Fsp3) is 0.316. The number of rotatable bonds is 8. The van der Waals surface area contributed by atoms with E-state index in [9.17, 15) is 18.0 Å². The molecule has 31 heavy (non-hydrogen) atoms. The van der Waals surface area contributed by atoms with Crippen molar-refractivity contribution in [3.63, 3.8) is 0 Å². The van der Waals surface area contributed by atoms with E-state index in [2.05, 4.69) is 24.6 Å². The molecule has 3 heterocycles. The monoisotopic (exact) mass is 452 g/mol. The summed E-state index contributed by atoms with van der Waals surface area (Å²) >= 11 is 1.03. The van der Waals surface area contributed by atoms with Crippen LogP contribution in [0.15, 0.2) is 30.7 Å². The fourth-order valence-corrected chi connectivity index (χ4v) is 3.50. The smallest absolute Gasteiger partial charge is 0.434 e. The number of nitrogens with one attached hydrogen (secondary N) is 1. The summed E-state index contributed by atoms with van der Waals surface area (Å²) in [4.78, 5) is 24.6. The van der Waals surface area contributed by atoms with Gasteiger partial charge in [-0.3, -0.25) is 9.78 Å². The van der Waals surface area contributed by atoms with E-state index in [0.29, 0.717) is 47.9 Å². The molecule has 0 saturated heterocycles. The number of nitrogens with zero attached hydrogens (tertiary/aromatic N) is 4. The standard InChI is InChI=1S/C19H19F3N6O2S/c1-11-17(18(29)27-12-3-4-16(25-9-12)30-6-2-5-23)14(31-28-11)7-13-8-24-10-15(26-13)19(20,21)22/h3-4,8-10H,2,5-7,23H2,1H3,(H,27,29). The van der Waals surface area contributed by atoms with Gasteiger partial charge < -0.3 is 15.8 Å². The van der Waals surface area contributed by atoms with Crippen LogP contribution in [0, 0.1) is 6.92 Å². The van der Waals surface area contributed by atoms with Gasteiger partial charge in [0.25, 0.3) is 5.91 Å². The summed E-state index contributed by atoms with van der Waals surface area (Å²) < 4.78 is 48.2. The van der Waals surface area contributed by atoms with Crippen molar-refractivity contribution in [3.05, 3.63) is 58.2 Å². The maximum atomic E-state index is 12.9. The van der Waals surface area contributed by atoms with E-state index in [0.717, 1.165) is 11.5 Å². The molecule has 0 atom stereocenters. The van der Waals surface area contributed by atoms with E-state index in [-0.39, 0.29) is 17.7 Å². The number of halogens is 3. The number of carbonyl (C=O) groups is 1. The molecule has 0 bridgehead atoms. The second-order valence-corrected chi connectivity index (χ2v) is 7.32. The fourth-order valence-electron chi connectivity index (χ4n) is 2.61. The minimum absolute atomic E-state index is 0.00263. The lowest BCUT2D eigenvalue weighted by Crippen LogP contribution is -2.15. The second kappa shape index (κ2) is 9.79. The SMILES string of the molecule is Cc1nsc(Cc2cncc(C(F)(F)F)n2)c1C(=O)Nc1ccc(OCCCN)nc1. The van der Waals surface area contributed by atoms with Crippen LogP contribution in [0.5, 0.6) is 5.88 Å². The van der Waals surface area contributed by atoms with Gasteiger partial charge in [-0.05, 0) is 37.5 Å². The Bertz CT molecular complexity index is 1040. The Morgan fingerprint density at radius 1 is 1.26 bits per heavy atom. The van der Waals surface area contributed by atoms with E-state index < -0.39 is 17.8 Å². The first-order valence-electron chi connectivity index (χ1n) is 9.21. The van der Waals surface area contributed by atoms with Crippen molar-refractivity contribution >= 4 is 23.1 Å². The van der Waals surface area contributed by atoms with Crippen molar-refractivity contribution in [1.29, 1.82) is 0 Å². The molecule has 3 aromatic heterocycles. The molecule has 3 rings (SSSR count). The lowest BCUT2D eigenvalue weighted by molar-refractivity contribution is -0.141. The molecule has 0 fully saturated rings. The van der Waals surface area contributed by atoms with E-state index in [1.54, 1.807) is 19.1 Å². The molecular formula is C19H19F3N6O2S. The van der Waals surface area contributed by atoms with Crippen molar-refractivity contribution in [2.75, 3.05) is 18.5 Å². The normalized spacial score (nSPS) is 11.4. The first-order valence-corrected chi connectivity index (χ1v) is 9.99. The zero-order chi connectivity index (χ0) is 22.4. The highest BCUT2D eigenvalue weighted by Gasteiger charge is 2.33. The van der Waals surface area contributed by atoms with E-state index >= 15 is 0 Å². The summed E-state index contributed by atoms with van der Waals surface area (Å²) in [7, 11) is 0. The first kappa shape index (κ1) is 22.6. The average Bonchev–Trinajstić information content (AvgIpc) is 3.09. The number of hydrogen-bond acceptors (Lipinski definition) is 8. The number of alkyl halides is 3. The number of nitrogens with two attached hydrogens (primary N) is 1. The molecule has 0 spiro atoms. The van der Waals surface area contributed by atoms with Crippen LogP contribution < -0.4 is 15.8 Å². The van der Waals surface area contributed by atoms with Crippen LogP contribution in [-0.4, -0.2) is 38.4 Å². The maximum absolute atomic E-state index is 12.9. The summed E-state index contributed by atoms with van der Waals surface area (Å²) in [5, 5.41) is 2.72. The minimum Gasteiger partial charge on any atom is -0.478 e.